The largest absolute Gasteiger partial charge is 0.573 e. The minimum atomic E-state index is -4.75. The van der Waals surface area contributed by atoms with Crippen LogP contribution in [0.2, 0.25) is 0 Å². The van der Waals surface area contributed by atoms with Crippen molar-refractivity contribution in [3.05, 3.63) is 59.4 Å². The number of nitrogens with two attached hydrogens (primary N) is 1. The lowest BCUT2D eigenvalue weighted by Gasteiger charge is -2.17. The standard InChI is InChI=1S/C15H13F4NO2/c1-21-13-8-10(16)4-7-12(13)14(20)9-2-5-11(6-3-9)22-15(17,18)19/h2-8,14H,20H2,1H3/t14-/m0/s1. The maximum absolute atomic E-state index is 13.2. The summed E-state index contributed by atoms with van der Waals surface area (Å²) >= 11 is 0. The molecular formula is C15H13F4NO2. The van der Waals surface area contributed by atoms with Crippen LogP contribution in [-0.2, 0) is 0 Å². The topological polar surface area (TPSA) is 44.5 Å². The third kappa shape index (κ3) is 3.88. The van der Waals surface area contributed by atoms with Gasteiger partial charge in [0.2, 0.25) is 0 Å². The van der Waals surface area contributed by atoms with E-state index in [1.807, 2.05) is 0 Å². The Morgan fingerprint density at radius 2 is 1.68 bits per heavy atom. The van der Waals surface area contributed by atoms with Gasteiger partial charge in [-0.2, -0.15) is 0 Å². The minimum absolute atomic E-state index is 0.267. The summed E-state index contributed by atoms with van der Waals surface area (Å²) in [4.78, 5) is 0. The summed E-state index contributed by atoms with van der Waals surface area (Å²) in [5.74, 6) is -0.542. The summed E-state index contributed by atoms with van der Waals surface area (Å²) < 4.78 is 58.3. The van der Waals surface area contributed by atoms with Crippen molar-refractivity contribution in [1.82, 2.24) is 0 Å². The highest BCUT2D eigenvalue weighted by Gasteiger charge is 2.31. The summed E-state index contributed by atoms with van der Waals surface area (Å²) in [5.41, 5.74) is 7.12. The maximum Gasteiger partial charge on any atom is 0.573 e. The third-order valence-corrected chi connectivity index (χ3v) is 3.00. The first-order valence-electron chi connectivity index (χ1n) is 6.25. The van der Waals surface area contributed by atoms with Crippen molar-refractivity contribution in [1.29, 1.82) is 0 Å². The van der Waals surface area contributed by atoms with Gasteiger partial charge in [0.05, 0.1) is 13.2 Å². The molecule has 0 aliphatic carbocycles. The van der Waals surface area contributed by atoms with E-state index in [2.05, 4.69) is 4.74 Å². The van der Waals surface area contributed by atoms with Gasteiger partial charge in [-0.1, -0.05) is 18.2 Å². The maximum atomic E-state index is 13.2. The van der Waals surface area contributed by atoms with Crippen molar-refractivity contribution >= 4 is 0 Å². The molecule has 2 rings (SSSR count). The van der Waals surface area contributed by atoms with Gasteiger partial charge in [-0.3, -0.25) is 0 Å². The second kappa shape index (κ2) is 6.23. The molecule has 0 spiro atoms. The summed E-state index contributed by atoms with van der Waals surface area (Å²) in [5, 5.41) is 0. The van der Waals surface area contributed by atoms with Gasteiger partial charge in [-0.15, -0.1) is 13.2 Å². The summed E-state index contributed by atoms with van der Waals surface area (Å²) in [7, 11) is 1.38. The fraction of sp³-hybridized carbons (Fsp3) is 0.200. The molecule has 0 aromatic heterocycles. The highest BCUT2D eigenvalue weighted by atomic mass is 19.4. The van der Waals surface area contributed by atoms with E-state index in [0.717, 1.165) is 0 Å². The van der Waals surface area contributed by atoms with Crippen LogP contribution in [0.1, 0.15) is 17.2 Å². The number of halogens is 4. The Kier molecular flexibility index (Phi) is 4.56. The normalized spacial score (nSPS) is 12.8. The van der Waals surface area contributed by atoms with Crippen molar-refractivity contribution < 1.29 is 27.0 Å². The van der Waals surface area contributed by atoms with Gasteiger partial charge in [0, 0.05) is 11.6 Å². The molecule has 2 aromatic rings. The van der Waals surface area contributed by atoms with Crippen LogP contribution in [-0.4, -0.2) is 13.5 Å². The average Bonchev–Trinajstić information content (AvgIpc) is 2.45. The third-order valence-electron chi connectivity index (χ3n) is 3.00. The zero-order valence-corrected chi connectivity index (χ0v) is 11.5. The molecule has 22 heavy (non-hydrogen) atoms. The number of methoxy groups -OCH3 is 1. The zero-order chi connectivity index (χ0) is 16.3. The predicted octanol–water partition coefficient (Wildman–Crippen LogP) is 3.78. The first-order valence-corrected chi connectivity index (χ1v) is 6.25. The molecule has 0 heterocycles. The molecule has 0 bridgehead atoms. The van der Waals surface area contributed by atoms with Gasteiger partial charge >= 0.3 is 6.36 Å². The van der Waals surface area contributed by atoms with E-state index in [-0.39, 0.29) is 11.5 Å². The van der Waals surface area contributed by atoms with Crippen LogP contribution in [0.25, 0.3) is 0 Å². The zero-order valence-electron chi connectivity index (χ0n) is 11.5. The molecule has 0 unspecified atom stereocenters. The van der Waals surface area contributed by atoms with Crippen LogP contribution in [0, 0.1) is 5.82 Å². The molecule has 0 radical (unpaired) electrons. The molecule has 0 aliphatic rings. The van der Waals surface area contributed by atoms with E-state index in [4.69, 9.17) is 10.5 Å². The summed E-state index contributed by atoms with van der Waals surface area (Å²) in [6.07, 6.45) is -4.75. The molecule has 3 nitrogen and oxygen atoms in total. The van der Waals surface area contributed by atoms with Crippen molar-refractivity contribution in [3.63, 3.8) is 0 Å². The van der Waals surface area contributed by atoms with Crippen LogP contribution in [0.3, 0.4) is 0 Å². The molecule has 0 saturated carbocycles. The van der Waals surface area contributed by atoms with Crippen LogP contribution < -0.4 is 15.2 Å². The average molecular weight is 315 g/mol. The quantitative estimate of drug-likeness (QED) is 0.873. The smallest absolute Gasteiger partial charge is 0.496 e. The lowest BCUT2D eigenvalue weighted by molar-refractivity contribution is -0.274. The Morgan fingerprint density at radius 3 is 2.23 bits per heavy atom. The number of hydrogen-bond donors (Lipinski definition) is 1. The predicted molar refractivity (Wildman–Crippen MR) is 72.1 cm³/mol. The van der Waals surface area contributed by atoms with E-state index in [1.54, 1.807) is 0 Å². The highest BCUT2D eigenvalue weighted by Crippen LogP contribution is 2.30. The molecule has 118 valence electrons. The monoisotopic (exact) mass is 315 g/mol. The number of rotatable bonds is 4. The van der Waals surface area contributed by atoms with Gasteiger partial charge in [0.1, 0.15) is 17.3 Å². The second-order valence-electron chi connectivity index (χ2n) is 4.48. The summed E-state index contributed by atoms with van der Waals surface area (Å²) in [6.45, 7) is 0. The van der Waals surface area contributed by atoms with Gasteiger partial charge in [-0.05, 0) is 23.8 Å². The van der Waals surface area contributed by atoms with Gasteiger partial charge < -0.3 is 15.2 Å². The molecule has 0 aliphatic heterocycles. The Labute approximate surface area is 124 Å². The number of hydrogen-bond acceptors (Lipinski definition) is 3. The van der Waals surface area contributed by atoms with E-state index in [9.17, 15) is 17.6 Å². The first kappa shape index (κ1) is 16.1. The Hall–Kier alpha value is -2.28. The van der Waals surface area contributed by atoms with Gasteiger partial charge in [0.25, 0.3) is 0 Å². The Morgan fingerprint density at radius 1 is 1.05 bits per heavy atom. The van der Waals surface area contributed by atoms with Crippen molar-refractivity contribution in [2.45, 2.75) is 12.4 Å². The van der Waals surface area contributed by atoms with Crippen LogP contribution in [0.5, 0.6) is 11.5 Å². The Balaban J connectivity index is 2.25. The Bertz CT molecular complexity index is 641. The first-order chi connectivity index (χ1) is 10.3. The van der Waals surface area contributed by atoms with E-state index >= 15 is 0 Å². The fourth-order valence-corrected chi connectivity index (χ4v) is 2.00. The van der Waals surface area contributed by atoms with Crippen molar-refractivity contribution in [2.75, 3.05) is 7.11 Å². The molecule has 0 saturated heterocycles. The SMILES string of the molecule is COc1cc(F)ccc1[C@@H](N)c1ccc(OC(F)(F)F)cc1. The van der Waals surface area contributed by atoms with Crippen LogP contribution >= 0.6 is 0 Å². The van der Waals surface area contributed by atoms with Crippen LogP contribution in [0.15, 0.2) is 42.5 Å². The number of benzene rings is 2. The van der Waals surface area contributed by atoms with Crippen molar-refractivity contribution in [3.8, 4) is 11.5 Å². The molecule has 7 heteroatoms. The van der Waals surface area contributed by atoms with Gasteiger partial charge in [-0.25, -0.2) is 4.39 Å². The lowest BCUT2D eigenvalue weighted by atomic mass is 9.98. The van der Waals surface area contributed by atoms with Crippen molar-refractivity contribution in [2.24, 2.45) is 5.73 Å². The van der Waals surface area contributed by atoms with E-state index in [0.29, 0.717) is 11.1 Å². The van der Waals surface area contributed by atoms with Gasteiger partial charge in [0.15, 0.2) is 0 Å². The van der Waals surface area contributed by atoms with Crippen LogP contribution in [0.4, 0.5) is 17.6 Å². The molecule has 0 fully saturated rings. The summed E-state index contributed by atoms with van der Waals surface area (Å²) in [6, 6.07) is 8.38. The number of alkyl halides is 3. The second-order valence-corrected chi connectivity index (χ2v) is 4.48. The van der Waals surface area contributed by atoms with E-state index < -0.39 is 18.2 Å². The molecule has 1 atom stereocenters. The number of ether oxygens (including phenoxy) is 2. The highest BCUT2D eigenvalue weighted by molar-refractivity contribution is 5.42. The fourth-order valence-electron chi connectivity index (χ4n) is 2.00. The lowest BCUT2D eigenvalue weighted by Crippen LogP contribution is -2.17. The molecule has 2 aromatic carbocycles. The van der Waals surface area contributed by atoms with E-state index in [1.165, 1.54) is 49.6 Å². The molecule has 2 N–H and O–H groups in total. The molecule has 0 amide bonds. The molecular weight excluding hydrogens is 302 g/mol. The minimum Gasteiger partial charge on any atom is -0.496 e.